The van der Waals surface area contributed by atoms with Gasteiger partial charge >= 0.3 is 56.6 Å². The molecule has 0 saturated heterocycles. The third kappa shape index (κ3) is 8.31. The molecule has 3 aromatic rings. The van der Waals surface area contributed by atoms with Crippen molar-refractivity contribution in [2.45, 2.75) is 38.8 Å². The normalized spacial score (nSPS) is 16.4. The first-order chi connectivity index (χ1) is 23.0. The van der Waals surface area contributed by atoms with Crippen LogP contribution in [0.2, 0.25) is 0 Å². The number of carbonyl (C=O) groups is 2. The summed E-state index contributed by atoms with van der Waals surface area (Å²) in [4.78, 5) is 26.2. The van der Waals surface area contributed by atoms with Crippen molar-refractivity contribution in [2.24, 2.45) is 0 Å². The van der Waals surface area contributed by atoms with E-state index in [1.807, 2.05) is 37.2 Å². The van der Waals surface area contributed by atoms with E-state index in [-0.39, 0.29) is 101 Å². The number of carboxylic acids is 2. The summed E-state index contributed by atoms with van der Waals surface area (Å²) in [5, 5.41) is 25.1. The Hall–Kier alpha value is -3.04. The van der Waals surface area contributed by atoms with Gasteiger partial charge < -0.3 is 38.5 Å². The van der Waals surface area contributed by atoms with Gasteiger partial charge in [0.05, 0.1) is 60.8 Å². The number of carboxylic acid groups (broad SMARTS) is 2. The van der Waals surface area contributed by atoms with Crippen LogP contribution in [0.1, 0.15) is 70.7 Å². The minimum absolute atomic E-state index is 0. The van der Waals surface area contributed by atoms with E-state index >= 15 is 0 Å². The molecule has 0 saturated carbocycles. The summed E-state index contributed by atoms with van der Waals surface area (Å²) in [6.45, 7) is 7.34. The Labute approximate surface area is 343 Å². The third-order valence-corrected chi connectivity index (χ3v) is 10.9. The van der Waals surface area contributed by atoms with Gasteiger partial charge in [-0.2, -0.15) is 0 Å². The molecular weight excluding hydrogens is 709 g/mol. The van der Waals surface area contributed by atoms with Crippen LogP contribution in [0.5, 0.6) is 11.5 Å². The van der Waals surface area contributed by atoms with Gasteiger partial charge in [-0.15, -0.1) is 0 Å². The zero-order chi connectivity index (χ0) is 36.9. The molecule has 0 N–H and O–H groups in total. The Morgan fingerprint density at radius 3 is 1.89 bits per heavy atom. The number of benzene rings is 3. The molecule has 6 rings (SSSR count). The second-order valence-corrected chi connectivity index (χ2v) is 16.5. The predicted octanol–water partition coefficient (Wildman–Crippen LogP) is -9.22. The molecule has 0 unspecified atom stereocenters. The van der Waals surface area contributed by atoms with Crippen LogP contribution < -0.4 is 91.6 Å². The number of aromatic carboxylic acids is 2. The zero-order valence-corrected chi connectivity index (χ0v) is 32.4. The van der Waals surface area contributed by atoms with Crippen molar-refractivity contribution in [1.82, 2.24) is 4.58 Å². The first kappa shape index (κ1) is 44.4. The van der Waals surface area contributed by atoms with Crippen LogP contribution in [-0.4, -0.2) is 74.6 Å². The largest absolute Gasteiger partial charge is 1.00 e. The topological polar surface area (TPSA) is 210 Å². The maximum absolute atomic E-state index is 12.6. The van der Waals surface area contributed by atoms with E-state index in [0.717, 1.165) is 12.1 Å². The molecule has 0 bridgehead atoms. The smallest absolute Gasteiger partial charge is 0.748 e. The van der Waals surface area contributed by atoms with Crippen molar-refractivity contribution < 1.29 is 107 Å². The van der Waals surface area contributed by atoms with E-state index in [9.17, 15) is 45.7 Å². The maximum atomic E-state index is 12.6. The van der Waals surface area contributed by atoms with Crippen LogP contribution >= 0.6 is 0 Å². The maximum Gasteiger partial charge on any atom is 1.00 e. The second kappa shape index (κ2) is 14.9. The van der Waals surface area contributed by atoms with E-state index in [1.54, 1.807) is 50.5 Å². The molecule has 3 aromatic carbocycles. The first-order valence-corrected chi connectivity index (χ1v) is 18.4. The summed E-state index contributed by atoms with van der Waals surface area (Å²) >= 11 is 0. The molecule has 0 aromatic heterocycles. The molecule has 18 heteroatoms. The summed E-state index contributed by atoms with van der Waals surface area (Å²) in [6.07, 6.45) is 3.31. The van der Waals surface area contributed by atoms with Gasteiger partial charge in [0.15, 0.2) is 5.54 Å². The van der Waals surface area contributed by atoms with Crippen molar-refractivity contribution in [1.29, 1.82) is 0 Å². The Morgan fingerprint density at radius 2 is 1.34 bits per heavy atom. The summed E-state index contributed by atoms with van der Waals surface area (Å²) in [6, 6.07) is 9.78. The summed E-state index contributed by atoms with van der Waals surface area (Å²) in [7, 11) is -5.95. The van der Waals surface area contributed by atoms with Crippen molar-refractivity contribution in [3.63, 3.8) is 0 Å². The van der Waals surface area contributed by atoms with E-state index in [0.29, 0.717) is 22.2 Å². The summed E-state index contributed by atoms with van der Waals surface area (Å²) in [5.41, 5.74) is -0.310. The molecule has 0 amide bonds. The first-order valence-electron chi connectivity index (χ1n) is 15.3. The monoisotopic (exact) mass is 740 g/mol. The number of nitrogens with zero attached hydrogens (tertiary/aromatic N) is 2. The van der Waals surface area contributed by atoms with Crippen LogP contribution in [0, 0.1) is 0 Å². The van der Waals surface area contributed by atoms with E-state index in [2.05, 4.69) is 0 Å². The molecule has 0 fully saturated rings. The molecular formula is C35H31Li3N2O11S2. The predicted molar refractivity (Wildman–Crippen MR) is 178 cm³/mol. The Balaban J connectivity index is 0.00000252. The number of likely N-dealkylation sites (N-methyl/N-ethyl adjacent to an activating group) is 2. The van der Waals surface area contributed by atoms with Gasteiger partial charge in [0.25, 0.3) is 0 Å². The molecule has 0 spiro atoms. The van der Waals surface area contributed by atoms with Gasteiger partial charge in [-0.25, -0.2) is 21.4 Å². The van der Waals surface area contributed by atoms with Gasteiger partial charge in [-0.05, 0) is 60.4 Å². The number of ether oxygens (including phenoxy) is 1. The van der Waals surface area contributed by atoms with Crippen LogP contribution in [0.4, 0.5) is 5.69 Å². The van der Waals surface area contributed by atoms with Crippen molar-refractivity contribution in [2.75, 3.05) is 30.5 Å². The number of carbonyl (C=O) groups excluding carboxylic acids is 2. The van der Waals surface area contributed by atoms with Crippen molar-refractivity contribution in [3.05, 3.63) is 98.6 Å². The van der Waals surface area contributed by atoms with Crippen LogP contribution in [0.25, 0.3) is 16.7 Å². The fourth-order valence-electron chi connectivity index (χ4n) is 6.82. The Kier molecular flexibility index (Phi) is 12.5. The van der Waals surface area contributed by atoms with E-state index in [1.165, 1.54) is 6.07 Å². The number of fused-ring (bicyclic) bond motifs is 4. The van der Waals surface area contributed by atoms with Crippen molar-refractivity contribution in [3.8, 4) is 11.5 Å². The molecule has 0 aliphatic carbocycles. The molecule has 0 atom stereocenters. The Bertz CT molecular complexity index is 2510. The number of hydrogen-bond donors (Lipinski definition) is 0. The van der Waals surface area contributed by atoms with E-state index < -0.39 is 65.9 Å². The quantitative estimate of drug-likeness (QED) is 0.0983. The molecule has 0 radical (unpaired) electrons. The fourth-order valence-corrected chi connectivity index (χ4v) is 8.06. The molecule has 262 valence electrons. The SMILES string of the molecule is CN1c2cc3c(cc2C(CS(=O)(=O)[O-])=CC1(C)C)C(c1ccc(C(=O)[O-])cc1C(=O)[O-])=c1cc2c(cc1O3)=[N+](C)C(C)(C)C=C2CS(=O)(=O)[O-].[Li+].[Li+].[Li+]. The van der Waals surface area contributed by atoms with Gasteiger partial charge in [0, 0.05) is 60.1 Å². The van der Waals surface area contributed by atoms with Gasteiger partial charge in [-0.1, -0.05) is 18.2 Å². The molecule has 13 nitrogen and oxygen atoms in total. The third-order valence-electron chi connectivity index (χ3n) is 9.56. The average Bonchev–Trinajstić information content (AvgIpc) is 2.98. The standard InChI is InChI=1S/C35H34N2O11S2.3Li/c1-34(2)14-19(16-49(42,43)44)22-10-25-29(12-27(22)36(34)5)48-30-13-28-23(20(17-50(45,46)47)15-35(3,4)37(28)6)11-26(30)31(25)21-8-7-18(32(38)39)9-24(21)33(40)41;;;/h7-15H,16-17H2,1-6H3,(H3-,38,39,40,41,42,43,44,45,46,47);;;/q;3*+1/p-3. The van der Waals surface area contributed by atoms with Crippen molar-refractivity contribution >= 4 is 54.6 Å². The van der Waals surface area contributed by atoms with Gasteiger partial charge in [-0.3, -0.25) is 0 Å². The summed E-state index contributed by atoms with van der Waals surface area (Å²) in [5.74, 6) is -4.55. The fraction of sp³-hybridized carbons (Fsp3) is 0.286. The minimum Gasteiger partial charge on any atom is -0.748 e. The molecule has 53 heavy (non-hydrogen) atoms. The van der Waals surface area contributed by atoms with Crippen LogP contribution in [0.15, 0.2) is 54.6 Å². The van der Waals surface area contributed by atoms with Crippen LogP contribution in [-0.2, 0) is 20.2 Å². The second-order valence-electron chi connectivity index (χ2n) is 13.7. The molecule has 3 aliphatic rings. The molecule has 3 heterocycles. The summed E-state index contributed by atoms with van der Waals surface area (Å²) < 4.78 is 80.6. The average molecular weight is 741 g/mol. The number of anilines is 1. The van der Waals surface area contributed by atoms with E-state index in [4.69, 9.17) is 4.74 Å². The Morgan fingerprint density at radius 1 is 0.755 bits per heavy atom. The minimum atomic E-state index is -4.75. The zero-order valence-electron chi connectivity index (χ0n) is 30.8. The number of hydrogen-bond acceptors (Lipinski definition) is 12. The van der Waals surface area contributed by atoms with Gasteiger partial charge in [0.1, 0.15) is 18.5 Å². The van der Waals surface area contributed by atoms with Gasteiger partial charge in [0.2, 0.25) is 5.36 Å². The molecule has 3 aliphatic heterocycles. The van der Waals surface area contributed by atoms with Crippen LogP contribution in [0.3, 0.4) is 0 Å². The number of rotatable bonds is 7.